The molecule has 5 heterocycles. The molecule has 1 N–H and O–H groups in total. The number of fused-ring (bicyclic) bond motifs is 4. The van der Waals surface area contributed by atoms with Gasteiger partial charge in [-0.3, -0.25) is 4.90 Å². The molecule has 0 radical (unpaired) electrons. The molecule has 9 rings (SSSR count). The molecule has 2 amide bonds. The maximum Gasteiger partial charge on any atom is 0.325 e. The minimum atomic E-state index is -0.476. The molecule has 1 aliphatic carbocycles. The van der Waals surface area contributed by atoms with Gasteiger partial charge in [-0.05, 0) is 74.9 Å². The summed E-state index contributed by atoms with van der Waals surface area (Å²) >= 11 is 13.1. The van der Waals surface area contributed by atoms with Crippen molar-refractivity contribution in [2.75, 3.05) is 24.5 Å². The van der Waals surface area contributed by atoms with Crippen LogP contribution in [0, 0.1) is 30.0 Å². The predicted octanol–water partition coefficient (Wildman–Crippen LogP) is 8.99. The molecule has 2 aromatic heterocycles. The van der Waals surface area contributed by atoms with Gasteiger partial charge >= 0.3 is 6.03 Å². The fraction of sp³-hybridized carbons (Fsp3) is 0.342. The smallest absolute Gasteiger partial charge is 0.325 e. The summed E-state index contributed by atoms with van der Waals surface area (Å²) < 4.78 is 19.4. The number of nitrogens with zero attached hydrogens (tertiary/aromatic N) is 5. The molecule has 4 atom stereocenters. The van der Waals surface area contributed by atoms with E-state index in [2.05, 4.69) is 28.9 Å². The normalized spacial score (nSPS) is 21.2. The van der Waals surface area contributed by atoms with E-state index in [4.69, 9.17) is 28.2 Å². The molecule has 5 aromatic rings. The summed E-state index contributed by atoms with van der Waals surface area (Å²) in [7, 11) is 0. The van der Waals surface area contributed by atoms with Gasteiger partial charge in [0.25, 0.3) is 0 Å². The van der Waals surface area contributed by atoms with Crippen LogP contribution >= 0.6 is 23.2 Å². The first-order valence-corrected chi connectivity index (χ1v) is 17.4. The van der Waals surface area contributed by atoms with Crippen LogP contribution < -0.4 is 10.2 Å². The third-order valence-corrected chi connectivity index (χ3v) is 11.5. The third kappa shape index (κ3) is 4.78. The predicted molar refractivity (Wildman–Crippen MR) is 189 cm³/mol. The lowest BCUT2D eigenvalue weighted by molar-refractivity contribution is 0.165. The number of para-hydroxylation sites is 1. The number of urea groups is 1. The van der Waals surface area contributed by atoms with E-state index in [1.165, 1.54) is 0 Å². The van der Waals surface area contributed by atoms with E-state index < -0.39 is 5.82 Å². The number of anilines is 1. The van der Waals surface area contributed by atoms with Crippen molar-refractivity contribution < 1.29 is 9.18 Å². The Labute approximate surface area is 288 Å². The van der Waals surface area contributed by atoms with Crippen LogP contribution in [0.2, 0.25) is 10.0 Å². The number of rotatable bonds is 7. The molecule has 4 fully saturated rings. The number of aromatic nitrogens is 2. The third-order valence-electron chi connectivity index (χ3n) is 10.7. The molecule has 48 heavy (non-hydrogen) atoms. The molecule has 4 aliphatic rings. The first-order chi connectivity index (χ1) is 23.3. The number of carbonyl (C=O) groups is 1. The average Bonchev–Trinajstić information content (AvgIpc) is 3.83. The van der Waals surface area contributed by atoms with Crippen LogP contribution in [0.4, 0.5) is 14.9 Å². The minimum Gasteiger partial charge on any atom is -0.337 e. The van der Waals surface area contributed by atoms with Gasteiger partial charge < -0.3 is 14.8 Å². The van der Waals surface area contributed by atoms with Crippen LogP contribution in [0.5, 0.6) is 0 Å². The highest BCUT2D eigenvalue weighted by Crippen LogP contribution is 2.50. The Morgan fingerprint density at radius 3 is 2.65 bits per heavy atom. The summed E-state index contributed by atoms with van der Waals surface area (Å²) in [6.45, 7) is 6.27. The van der Waals surface area contributed by atoms with E-state index in [-0.39, 0.29) is 35.1 Å². The minimum absolute atomic E-state index is 0.0148. The SMILES string of the molecule is Cc1nc2c(F)c(-c3cccc(Cl)c3Cl)c(CCC#N)cc2c2c1cc(C(C)N1CCCN(c3ccccc3)C1=O)n2C1C2CNC1C2. The lowest BCUT2D eigenvalue weighted by atomic mass is 9.79. The van der Waals surface area contributed by atoms with Crippen LogP contribution in [0.3, 0.4) is 0 Å². The molecular formula is C38H35Cl2FN6O. The molecule has 3 saturated heterocycles. The van der Waals surface area contributed by atoms with Crippen molar-refractivity contribution in [1.82, 2.24) is 19.8 Å². The lowest BCUT2D eigenvalue weighted by Gasteiger charge is -2.42. The quantitative estimate of drug-likeness (QED) is 0.186. The Bertz CT molecular complexity index is 2130. The molecule has 4 unspecified atom stereocenters. The van der Waals surface area contributed by atoms with Gasteiger partial charge in [-0.15, -0.1) is 0 Å². The van der Waals surface area contributed by atoms with Crippen molar-refractivity contribution >= 4 is 56.7 Å². The van der Waals surface area contributed by atoms with Crippen molar-refractivity contribution in [2.45, 2.75) is 57.7 Å². The fourth-order valence-corrected chi connectivity index (χ4v) is 8.67. The first-order valence-electron chi connectivity index (χ1n) is 16.6. The first kappa shape index (κ1) is 31.1. The standard InChI is InChI=1S/C38H35Cl2FN6O/c1-21-27-19-31(22(2)45-15-8-16-46(38(45)48)25-10-4-3-5-11-25)47(36-24-18-30(36)43-20-24)37(27)28-17-23(9-7-14-42)32(34(41)35(28)44-21)26-12-6-13-29(39)33(26)40/h3-6,10-13,17,19,22,24,30,36,43H,7-9,15-16,18,20H2,1-2H3. The van der Waals surface area contributed by atoms with Gasteiger partial charge in [-0.1, -0.05) is 53.5 Å². The molecule has 0 spiro atoms. The number of benzene rings is 3. The maximum atomic E-state index is 17.0. The lowest BCUT2D eigenvalue weighted by Crippen LogP contribution is -2.51. The van der Waals surface area contributed by atoms with Gasteiger partial charge in [0.05, 0.1) is 33.7 Å². The summed E-state index contributed by atoms with van der Waals surface area (Å²) in [5.41, 5.74) is 5.30. The zero-order valence-electron chi connectivity index (χ0n) is 26.8. The van der Waals surface area contributed by atoms with E-state index in [1.807, 2.05) is 53.1 Å². The van der Waals surface area contributed by atoms with Crippen molar-refractivity contribution in [2.24, 2.45) is 5.92 Å². The van der Waals surface area contributed by atoms with Crippen LogP contribution in [-0.4, -0.2) is 46.2 Å². The van der Waals surface area contributed by atoms with E-state index in [0.717, 1.165) is 41.7 Å². The van der Waals surface area contributed by atoms with Crippen molar-refractivity contribution in [1.29, 1.82) is 5.26 Å². The Morgan fingerprint density at radius 1 is 1.10 bits per heavy atom. The van der Waals surface area contributed by atoms with Gasteiger partial charge in [0.1, 0.15) is 5.52 Å². The summed E-state index contributed by atoms with van der Waals surface area (Å²) in [5, 5.41) is 15.5. The number of hydrogen-bond acceptors (Lipinski definition) is 4. The number of nitrogens with one attached hydrogen (secondary N) is 1. The van der Waals surface area contributed by atoms with E-state index in [0.29, 0.717) is 64.3 Å². The van der Waals surface area contributed by atoms with Gasteiger partial charge in [-0.25, -0.2) is 14.2 Å². The number of hydrogen-bond donors (Lipinski definition) is 1. The van der Waals surface area contributed by atoms with Crippen LogP contribution in [0.15, 0.2) is 60.7 Å². The van der Waals surface area contributed by atoms with E-state index in [9.17, 15) is 10.1 Å². The van der Waals surface area contributed by atoms with Gasteiger partial charge in [0, 0.05) is 71.1 Å². The Kier molecular flexibility index (Phi) is 7.82. The highest BCUT2D eigenvalue weighted by Gasteiger charge is 2.49. The molecule has 1 saturated carbocycles. The fourth-order valence-electron chi connectivity index (χ4n) is 8.28. The zero-order valence-corrected chi connectivity index (χ0v) is 28.3. The van der Waals surface area contributed by atoms with Gasteiger partial charge in [-0.2, -0.15) is 5.26 Å². The number of aryl methyl sites for hydroxylation is 2. The molecule has 2 bridgehead atoms. The van der Waals surface area contributed by atoms with Crippen LogP contribution in [0.25, 0.3) is 32.9 Å². The van der Waals surface area contributed by atoms with Crippen LogP contribution in [-0.2, 0) is 6.42 Å². The number of nitriles is 1. The second kappa shape index (κ2) is 12.1. The van der Waals surface area contributed by atoms with Gasteiger partial charge in [0.2, 0.25) is 0 Å². The number of pyridine rings is 1. The highest BCUT2D eigenvalue weighted by atomic mass is 35.5. The van der Waals surface area contributed by atoms with Gasteiger partial charge in [0.15, 0.2) is 5.82 Å². The summed E-state index contributed by atoms with van der Waals surface area (Å²) in [4.78, 5) is 22.8. The average molecular weight is 682 g/mol. The van der Waals surface area contributed by atoms with Crippen molar-refractivity contribution in [3.8, 4) is 17.2 Å². The van der Waals surface area contributed by atoms with Crippen molar-refractivity contribution in [3.63, 3.8) is 0 Å². The molecule has 244 valence electrons. The molecule has 10 heteroatoms. The second-order valence-corrected chi connectivity index (χ2v) is 14.1. The Hall–Kier alpha value is -4.16. The maximum absolute atomic E-state index is 17.0. The monoisotopic (exact) mass is 680 g/mol. The molecule has 3 aliphatic heterocycles. The number of halogens is 3. The molecular weight excluding hydrogens is 646 g/mol. The Balaban J connectivity index is 1.35. The number of carbonyl (C=O) groups excluding carboxylic acids is 1. The number of amides is 2. The Morgan fingerprint density at radius 2 is 1.92 bits per heavy atom. The van der Waals surface area contributed by atoms with Crippen LogP contribution in [0.1, 0.15) is 55.2 Å². The highest BCUT2D eigenvalue weighted by molar-refractivity contribution is 6.43. The van der Waals surface area contributed by atoms with Crippen molar-refractivity contribution in [3.05, 3.63) is 93.5 Å². The summed E-state index contributed by atoms with van der Waals surface area (Å²) in [6.07, 6.45) is 2.50. The molecule has 7 nitrogen and oxygen atoms in total. The largest absolute Gasteiger partial charge is 0.337 e. The summed E-state index contributed by atoms with van der Waals surface area (Å²) in [6, 6.07) is 21.6. The van der Waals surface area contributed by atoms with E-state index >= 15 is 4.39 Å². The second-order valence-electron chi connectivity index (χ2n) is 13.3. The summed E-state index contributed by atoms with van der Waals surface area (Å²) in [5.74, 6) is -0.0400. The van der Waals surface area contributed by atoms with E-state index in [1.54, 1.807) is 18.2 Å². The zero-order chi connectivity index (χ0) is 33.3. The topological polar surface area (TPSA) is 77.2 Å². The molecule has 3 aromatic carbocycles.